The van der Waals surface area contributed by atoms with Gasteiger partial charge >= 0.3 is 0 Å². The van der Waals surface area contributed by atoms with Gasteiger partial charge in [-0.25, -0.2) is 4.98 Å². The third kappa shape index (κ3) is 3.32. The quantitative estimate of drug-likeness (QED) is 0.863. The van der Waals surface area contributed by atoms with E-state index in [2.05, 4.69) is 34.1 Å². The summed E-state index contributed by atoms with van der Waals surface area (Å²) < 4.78 is 7.46. The monoisotopic (exact) mass is 273 g/mol. The fraction of sp³-hybridized carbons (Fsp3) is 0.438. The molecule has 0 bridgehead atoms. The highest BCUT2D eigenvalue weighted by atomic mass is 16.5. The third-order valence-corrected chi connectivity index (χ3v) is 3.30. The second-order valence-corrected chi connectivity index (χ2v) is 5.06. The number of hydrogen-bond acceptors (Lipinski definition) is 3. The van der Waals surface area contributed by atoms with E-state index in [4.69, 9.17) is 4.74 Å². The lowest BCUT2D eigenvalue weighted by molar-refractivity contribution is 0.412. The first kappa shape index (κ1) is 14.4. The maximum atomic E-state index is 5.28. The van der Waals surface area contributed by atoms with Crippen molar-refractivity contribution in [3.05, 3.63) is 35.7 Å². The highest BCUT2D eigenvalue weighted by molar-refractivity contribution is 5.57. The molecule has 2 aromatic rings. The zero-order chi connectivity index (χ0) is 14.5. The summed E-state index contributed by atoms with van der Waals surface area (Å²) in [5, 5.41) is 3.39. The molecule has 2 rings (SSSR count). The first-order valence-corrected chi connectivity index (χ1v) is 7.09. The van der Waals surface area contributed by atoms with Gasteiger partial charge in [-0.3, -0.25) is 0 Å². The molecule has 1 aromatic carbocycles. The van der Waals surface area contributed by atoms with Crippen molar-refractivity contribution in [3.8, 4) is 5.75 Å². The molecule has 0 aliphatic heterocycles. The fourth-order valence-electron chi connectivity index (χ4n) is 2.23. The average molecular weight is 273 g/mol. The van der Waals surface area contributed by atoms with Gasteiger partial charge in [-0.05, 0) is 44.0 Å². The minimum Gasteiger partial charge on any atom is -0.496 e. The van der Waals surface area contributed by atoms with Crippen LogP contribution in [-0.4, -0.2) is 16.7 Å². The van der Waals surface area contributed by atoms with E-state index in [1.807, 2.05) is 26.0 Å². The molecule has 0 unspecified atom stereocenters. The topological polar surface area (TPSA) is 39.1 Å². The van der Waals surface area contributed by atoms with Crippen molar-refractivity contribution in [2.24, 2.45) is 0 Å². The zero-order valence-electron chi connectivity index (χ0n) is 12.7. The van der Waals surface area contributed by atoms with Gasteiger partial charge < -0.3 is 14.6 Å². The normalized spacial score (nSPS) is 10.6. The fourth-order valence-corrected chi connectivity index (χ4v) is 2.23. The summed E-state index contributed by atoms with van der Waals surface area (Å²) in [7, 11) is 1.69. The van der Waals surface area contributed by atoms with E-state index in [1.54, 1.807) is 7.11 Å². The lowest BCUT2D eigenvalue weighted by atomic mass is 10.2. The van der Waals surface area contributed by atoms with E-state index in [0.717, 1.165) is 41.6 Å². The lowest BCUT2D eigenvalue weighted by Crippen LogP contribution is -2.03. The molecule has 0 spiro atoms. The highest BCUT2D eigenvalue weighted by Crippen LogP contribution is 2.24. The average Bonchev–Trinajstić information content (AvgIpc) is 2.76. The molecule has 0 atom stereocenters. The van der Waals surface area contributed by atoms with E-state index < -0.39 is 0 Å². The van der Waals surface area contributed by atoms with Crippen molar-refractivity contribution >= 4 is 11.6 Å². The summed E-state index contributed by atoms with van der Waals surface area (Å²) in [4.78, 5) is 4.55. The van der Waals surface area contributed by atoms with Crippen molar-refractivity contribution in [1.82, 2.24) is 9.55 Å². The van der Waals surface area contributed by atoms with Crippen LogP contribution in [-0.2, 0) is 6.54 Å². The smallest absolute Gasteiger partial charge is 0.207 e. The second-order valence-electron chi connectivity index (χ2n) is 5.06. The Morgan fingerprint density at radius 3 is 2.75 bits per heavy atom. The summed E-state index contributed by atoms with van der Waals surface area (Å²) in [5.74, 6) is 1.81. The number of nitrogens with one attached hydrogen (secondary N) is 1. The van der Waals surface area contributed by atoms with Gasteiger partial charge in [0.1, 0.15) is 5.75 Å². The Morgan fingerprint density at radius 1 is 1.30 bits per heavy atom. The number of imidazole rings is 1. The van der Waals surface area contributed by atoms with Crippen molar-refractivity contribution in [2.45, 2.75) is 40.2 Å². The van der Waals surface area contributed by atoms with Crippen LogP contribution in [0.5, 0.6) is 5.75 Å². The molecule has 0 aliphatic carbocycles. The number of hydrogen-bond donors (Lipinski definition) is 1. The van der Waals surface area contributed by atoms with Crippen molar-refractivity contribution in [1.29, 1.82) is 0 Å². The standard InChI is InChI=1S/C16H23N3O/c1-5-6-9-19-11-13(3)17-16(19)18-14-7-8-15(20-4)12(2)10-14/h7-8,10-11H,5-6,9H2,1-4H3,(H,17,18). The Bertz CT molecular complexity index is 575. The SMILES string of the molecule is CCCCn1cc(C)nc1Nc1ccc(OC)c(C)c1. The predicted molar refractivity (Wildman–Crippen MR) is 82.9 cm³/mol. The summed E-state index contributed by atoms with van der Waals surface area (Å²) >= 11 is 0. The van der Waals surface area contributed by atoms with Gasteiger partial charge in [0, 0.05) is 18.4 Å². The minimum absolute atomic E-state index is 0.903. The van der Waals surface area contributed by atoms with E-state index in [0.29, 0.717) is 0 Å². The molecule has 1 N–H and O–H groups in total. The Morgan fingerprint density at radius 2 is 2.10 bits per heavy atom. The van der Waals surface area contributed by atoms with Crippen LogP contribution >= 0.6 is 0 Å². The molecule has 0 saturated carbocycles. The number of ether oxygens (including phenoxy) is 1. The van der Waals surface area contributed by atoms with E-state index in [-0.39, 0.29) is 0 Å². The van der Waals surface area contributed by atoms with Crippen LogP contribution in [0.25, 0.3) is 0 Å². The zero-order valence-corrected chi connectivity index (χ0v) is 12.7. The van der Waals surface area contributed by atoms with Crippen LogP contribution in [0.15, 0.2) is 24.4 Å². The van der Waals surface area contributed by atoms with Gasteiger partial charge in [0.2, 0.25) is 5.95 Å². The number of nitrogens with zero attached hydrogens (tertiary/aromatic N) is 2. The Labute approximate surface area is 120 Å². The van der Waals surface area contributed by atoms with Gasteiger partial charge in [-0.15, -0.1) is 0 Å². The van der Waals surface area contributed by atoms with Crippen molar-refractivity contribution in [2.75, 3.05) is 12.4 Å². The second kappa shape index (κ2) is 6.46. The first-order valence-electron chi connectivity index (χ1n) is 7.09. The van der Waals surface area contributed by atoms with Crippen molar-refractivity contribution in [3.63, 3.8) is 0 Å². The van der Waals surface area contributed by atoms with Gasteiger partial charge in [-0.1, -0.05) is 13.3 Å². The largest absolute Gasteiger partial charge is 0.496 e. The molecular weight excluding hydrogens is 250 g/mol. The van der Waals surface area contributed by atoms with E-state index in [1.165, 1.54) is 6.42 Å². The minimum atomic E-state index is 0.903. The van der Waals surface area contributed by atoms with Crippen LogP contribution in [0, 0.1) is 13.8 Å². The predicted octanol–water partition coefficient (Wildman–Crippen LogP) is 4.05. The van der Waals surface area contributed by atoms with Crippen LogP contribution < -0.4 is 10.1 Å². The highest BCUT2D eigenvalue weighted by Gasteiger charge is 2.07. The number of aromatic nitrogens is 2. The van der Waals surface area contributed by atoms with Crippen LogP contribution in [0.1, 0.15) is 31.0 Å². The van der Waals surface area contributed by atoms with E-state index >= 15 is 0 Å². The number of benzene rings is 1. The summed E-state index contributed by atoms with van der Waals surface area (Å²) in [6.45, 7) is 7.25. The molecule has 1 aromatic heterocycles. The summed E-state index contributed by atoms with van der Waals surface area (Å²) in [6, 6.07) is 6.07. The molecule has 1 heterocycles. The molecule has 0 fully saturated rings. The maximum Gasteiger partial charge on any atom is 0.207 e. The summed E-state index contributed by atoms with van der Waals surface area (Å²) in [6.07, 6.45) is 4.43. The molecule has 0 radical (unpaired) electrons. The number of anilines is 2. The number of methoxy groups -OCH3 is 1. The van der Waals surface area contributed by atoms with E-state index in [9.17, 15) is 0 Å². The number of aryl methyl sites for hydroxylation is 3. The van der Waals surface area contributed by atoms with Gasteiger partial charge in [-0.2, -0.15) is 0 Å². The molecule has 0 aliphatic rings. The Balaban J connectivity index is 2.18. The Hall–Kier alpha value is -1.97. The summed E-state index contributed by atoms with van der Waals surface area (Å²) in [5.41, 5.74) is 3.18. The Kier molecular flexibility index (Phi) is 4.66. The molecular formula is C16H23N3O. The first-order chi connectivity index (χ1) is 9.63. The van der Waals surface area contributed by atoms with Gasteiger partial charge in [0.25, 0.3) is 0 Å². The van der Waals surface area contributed by atoms with Crippen LogP contribution in [0.4, 0.5) is 11.6 Å². The van der Waals surface area contributed by atoms with Gasteiger partial charge in [0.05, 0.1) is 12.8 Å². The third-order valence-electron chi connectivity index (χ3n) is 3.30. The van der Waals surface area contributed by atoms with Crippen LogP contribution in [0.3, 0.4) is 0 Å². The molecule has 0 saturated heterocycles. The number of unbranched alkanes of at least 4 members (excludes halogenated alkanes) is 1. The molecule has 4 nitrogen and oxygen atoms in total. The molecule has 0 amide bonds. The van der Waals surface area contributed by atoms with Gasteiger partial charge in [0.15, 0.2) is 0 Å². The molecule has 4 heteroatoms. The number of rotatable bonds is 6. The van der Waals surface area contributed by atoms with Crippen LogP contribution in [0.2, 0.25) is 0 Å². The maximum absolute atomic E-state index is 5.28. The lowest BCUT2D eigenvalue weighted by Gasteiger charge is -2.11. The van der Waals surface area contributed by atoms with Crippen molar-refractivity contribution < 1.29 is 4.74 Å². The molecule has 20 heavy (non-hydrogen) atoms. The molecule has 108 valence electrons.